The van der Waals surface area contributed by atoms with Gasteiger partial charge < -0.3 is 10.2 Å². The minimum absolute atomic E-state index is 0.157. The molecule has 204 valence electrons. The van der Waals surface area contributed by atoms with E-state index in [-0.39, 0.29) is 11.9 Å². The van der Waals surface area contributed by atoms with Crippen LogP contribution in [0.25, 0.3) is 11.1 Å². The van der Waals surface area contributed by atoms with Crippen molar-refractivity contribution in [2.45, 2.75) is 25.8 Å². The van der Waals surface area contributed by atoms with Gasteiger partial charge in [-0.3, -0.25) is 14.5 Å². The van der Waals surface area contributed by atoms with E-state index < -0.39 is 0 Å². The van der Waals surface area contributed by atoms with Crippen LogP contribution in [0.3, 0.4) is 0 Å². The number of hydrogen-bond donors (Lipinski definition) is 1. The van der Waals surface area contributed by atoms with Crippen molar-refractivity contribution in [3.05, 3.63) is 119 Å². The zero-order chi connectivity index (χ0) is 27.9. The molecule has 0 aliphatic carbocycles. The Hall–Kier alpha value is -3.93. The molecular formula is C34H34ClN3O2. The zero-order valence-corrected chi connectivity index (χ0v) is 23.5. The average molecular weight is 552 g/mol. The topological polar surface area (TPSA) is 52.7 Å². The number of piperazine rings is 1. The maximum absolute atomic E-state index is 13.2. The van der Waals surface area contributed by atoms with Gasteiger partial charge in [0.2, 0.25) is 0 Å². The first-order chi connectivity index (χ1) is 19.5. The van der Waals surface area contributed by atoms with Crippen LogP contribution in [-0.2, 0) is 4.79 Å². The highest BCUT2D eigenvalue weighted by Gasteiger charge is 2.29. The van der Waals surface area contributed by atoms with E-state index in [0.717, 1.165) is 60.7 Å². The molecule has 5 nitrogen and oxygen atoms in total. The van der Waals surface area contributed by atoms with Gasteiger partial charge >= 0.3 is 0 Å². The molecule has 1 unspecified atom stereocenters. The number of nitrogens with zero attached hydrogens (tertiary/aromatic N) is 2. The van der Waals surface area contributed by atoms with Crippen molar-refractivity contribution < 1.29 is 9.59 Å². The third kappa shape index (κ3) is 6.44. The van der Waals surface area contributed by atoms with E-state index in [4.69, 9.17) is 11.6 Å². The molecule has 1 aliphatic heterocycles. The number of carbonyl (C=O) groups is 2. The molecule has 1 amide bonds. The van der Waals surface area contributed by atoms with Crippen LogP contribution in [0.1, 0.15) is 41.7 Å². The standard InChI is InChI=1S/C34H34ClN3O2/c1-2-8-32(39)33(26-9-4-3-5-10-26)38-23-21-37(22-24-38)29-19-17-28(18-20-29)36-34(40)31-12-7-6-11-30(31)25-13-15-27(35)16-14-25/h3-7,9-20,33H,2,8,21-24H2,1H3,(H,36,40). The lowest BCUT2D eigenvalue weighted by Crippen LogP contribution is -2.49. The van der Waals surface area contributed by atoms with Crippen LogP contribution in [0.4, 0.5) is 11.4 Å². The molecule has 1 aliphatic rings. The first-order valence-electron chi connectivity index (χ1n) is 13.9. The van der Waals surface area contributed by atoms with Gasteiger partial charge in [0.25, 0.3) is 5.91 Å². The minimum atomic E-state index is -0.184. The molecule has 4 aromatic rings. The predicted octanol–water partition coefficient (Wildman–Crippen LogP) is 7.49. The van der Waals surface area contributed by atoms with E-state index in [2.05, 4.69) is 34.2 Å². The van der Waals surface area contributed by atoms with Crippen LogP contribution in [-0.4, -0.2) is 42.8 Å². The lowest BCUT2D eigenvalue weighted by molar-refractivity contribution is -0.124. The van der Waals surface area contributed by atoms with Gasteiger partial charge in [-0.1, -0.05) is 79.2 Å². The molecule has 1 N–H and O–H groups in total. The molecule has 4 aromatic carbocycles. The van der Waals surface area contributed by atoms with E-state index in [1.807, 2.05) is 91.0 Å². The van der Waals surface area contributed by atoms with Crippen LogP contribution in [0, 0.1) is 0 Å². The normalized spacial score (nSPS) is 14.5. The number of carbonyl (C=O) groups excluding carboxylic acids is 2. The summed E-state index contributed by atoms with van der Waals surface area (Å²) in [5.74, 6) is 0.135. The molecule has 1 fully saturated rings. The number of hydrogen-bond acceptors (Lipinski definition) is 4. The fraction of sp³-hybridized carbons (Fsp3) is 0.235. The first kappa shape index (κ1) is 27.6. The molecule has 40 heavy (non-hydrogen) atoms. The monoisotopic (exact) mass is 551 g/mol. The van der Waals surface area contributed by atoms with Gasteiger partial charge in [-0.05, 0) is 65.6 Å². The number of nitrogens with one attached hydrogen (secondary N) is 1. The van der Waals surface area contributed by atoms with Gasteiger partial charge in [-0.15, -0.1) is 0 Å². The molecule has 1 saturated heterocycles. The summed E-state index contributed by atoms with van der Waals surface area (Å²) >= 11 is 6.05. The number of rotatable bonds is 9. The summed E-state index contributed by atoms with van der Waals surface area (Å²) in [5.41, 5.74) is 5.33. The average Bonchev–Trinajstić information content (AvgIpc) is 2.99. The Morgan fingerprint density at radius 1 is 0.800 bits per heavy atom. The largest absolute Gasteiger partial charge is 0.369 e. The Bertz CT molecular complexity index is 1430. The Balaban J connectivity index is 1.23. The molecule has 0 spiro atoms. The van der Waals surface area contributed by atoms with Crippen molar-refractivity contribution in [1.82, 2.24) is 4.90 Å². The third-order valence-electron chi connectivity index (χ3n) is 7.41. The zero-order valence-electron chi connectivity index (χ0n) is 22.7. The second-order valence-electron chi connectivity index (χ2n) is 10.1. The summed E-state index contributed by atoms with van der Waals surface area (Å²) in [6.45, 7) is 5.36. The lowest BCUT2D eigenvalue weighted by Gasteiger charge is -2.40. The van der Waals surface area contributed by atoms with Crippen LogP contribution in [0.15, 0.2) is 103 Å². The molecule has 1 atom stereocenters. The van der Waals surface area contributed by atoms with Gasteiger partial charge in [-0.2, -0.15) is 0 Å². The molecule has 1 heterocycles. The fourth-order valence-electron chi connectivity index (χ4n) is 5.37. The van der Waals surface area contributed by atoms with Crippen LogP contribution in [0.5, 0.6) is 0 Å². The van der Waals surface area contributed by atoms with Gasteiger partial charge in [0.05, 0.1) is 6.04 Å². The van der Waals surface area contributed by atoms with Crippen molar-refractivity contribution in [1.29, 1.82) is 0 Å². The van der Waals surface area contributed by atoms with Gasteiger partial charge in [0.1, 0.15) is 0 Å². The third-order valence-corrected chi connectivity index (χ3v) is 7.67. The molecule has 0 aromatic heterocycles. The van der Waals surface area contributed by atoms with Crippen molar-refractivity contribution in [2.75, 3.05) is 36.4 Å². The Kier molecular flexibility index (Phi) is 8.94. The molecule has 0 radical (unpaired) electrons. The van der Waals surface area contributed by atoms with Crippen LogP contribution < -0.4 is 10.2 Å². The van der Waals surface area contributed by atoms with Crippen molar-refractivity contribution in [3.8, 4) is 11.1 Å². The highest BCUT2D eigenvalue weighted by molar-refractivity contribution is 6.30. The maximum Gasteiger partial charge on any atom is 0.256 e. The van der Waals surface area contributed by atoms with E-state index in [9.17, 15) is 9.59 Å². The second kappa shape index (κ2) is 12.9. The summed E-state index contributed by atoms with van der Waals surface area (Å²) in [7, 11) is 0. The highest BCUT2D eigenvalue weighted by Crippen LogP contribution is 2.29. The summed E-state index contributed by atoms with van der Waals surface area (Å²) in [5, 5.41) is 3.71. The summed E-state index contributed by atoms with van der Waals surface area (Å²) in [6, 6.07) is 33.0. The number of ketones is 1. The molecule has 0 bridgehead atoms. The van der Waals surface area contributed by atoms with Gasteiger partial charge in [0.15, 0.2) is 5.78 Å². The summed E-state index contributed by atoms with van der Waals surface area (Å²) in [6.07, 6.45) is 1.45. The van der Waals surface area contributed by atoms with Gasteiger partial charge in [-0.25, -0.2) is 0 Å². The Labute approximate surface area is 241 Å². The van der Waals surface area contributed by atoms with E-state index in [0.29, 0.717) is 22.8 Å². The van der Waals surface area contributed by atoms with E-state index >= 15 is 0 Å². The Morgan fingerprint density at radius 2 is 1.45 bits per heavy atom. The number of Topliss-reactive ketones (excluding diaryl/α,β-unsaturated/α-hetero) is 1. The van der Waals surface area contributed by atoms with Crippen molar-refractivity contribution in [3.63, 3.8) is 0 Å². The lowest BCUT2D eigenvalue weighted by atomic mass is 9.97. The number of amides is 1. The fourth-order valence-corrected chi connectivity index (χ4v) is 5.50. The molecule has 6 heteroatoms. The van der Waals surface area contributed by atoms with Crippen molar-refractivity contribution in [2.24, 2.45) is 0 Å². The molecular weight excluding hydrogens is 518 g/mol. The predicted molar refractivity (Wildman–Crippen MR) is 164 cm³/mol. The highest BCUT2D eigenvalue weighted by atomic mass is 35.5. The Morgan fingerprint density at radius 3 is 2.12 bits per heavy atom. The smallest absolute Gasteiger partial charge is 0.256 e. The first-order valence-corrected chi connectivity index (χ1v) is 14.2. The van der Waals surface area contributed by atoms with Gasteiger partial charge in [0, 0.05) is 54.6 Å². The number of benzene rings is 4. The quantitative estimate of drug-likeness (QED) is 0.234. The maximum atomic E-state index is 13.2. The number of anilines is 2. The minimum Gasteiger partial charge on any atom is -0.369 e. The van der Waals surface area contributed by atoms with Crippen LogP contribution in [0.2, 0.25) is 5.02 Å². The van der Waals surface area contributed by atoms with Crippen LogP contribution >= 0.6 is 11.6 Å². The molecule has 0 saturated carbocycles. The van der Waals surface area contributed by atoms with E-state index in [1.54, 1.807) is 0 Å². The van der Waals surface area contributed by atoms with E-state index in [1.165, 1.54) is 0 Å². The second-order valence-corrected chi connectivity index (χ2v) is 10.5. The summed E-state index contributed by atoms with van der Waals surface area (Å²) < 4.78 is 0. The summed E-state index contributed by atoms with van der Waals surface area (Å²) in [4.78, 5) is 30.9. The number of halogens is 1. The molecule has 5 rings (SSSR count). The van der Waals surface area contributed by atoms with Crippen molar-refractivity contribution >= 4 is 34.7 Å². The SMILES string of the molecule is CCCC(=O)C(c1ccccc1)N1CCN(c2ccc(NC(=O)c3ccccc3-c3ccc(Cl)cc3)cc2)CC1.